The first kappa shape index (κ1) is 15.8. The minimum Gasteiger partial charge on any atom is -1.00 e. The number of nitrogens with zero attached hydrogens (tertiary/aromatic N) is 2. The van der Waals surface area contributed by atoms with E-state index in [1.54, 1.807) is 0 Å². The van der Waals surface area contributed by atoms with Crippen LogP contribution in [0.1, 0.15) is 37.5 Å². The molecule has 0 amide bonds. The van der Waals surface area contributed by atoms with E-state index < -0.39 is 0 Å². The molecule has 0 atom stereocenters. The van der Waals surface area contributed by atoms with E-state index >= 15 is 0 Å². The van der Waals surface area contributed by atoms with Crippen LogP contribution < -0.4 is 17.0 Å². The molecule has 0 N–H and O–H groups in total. The lowest BCUT2D eigenvalue weighted by Gasteiger charge is -2.13. The second-order valence-electron chi connectivity index (χ2n) is 6.15. The van der Waals surface area contributed by atoms with Crippen LogP contribution in [0.4, 0.5) is 0 Å². The van der Waals surface area contributed by atoms with Crippen molar-refractivity contribution in [3.8, 4) is 5.69 Å². The average Bonchev–Trinajstić information content (AvgIpc) is 2.64. The van der Waals surface area contributed by atoms with Gasteiger partial charge in [0.15, 0.2) is 0 Å². The molecule has 2 aromatic rings. The molecule has 0 bridgehead atoms. The minimum atomic E-state index is 0. The summed E-state index contributed by atoms with van der Waals surface area (Å²) < 4.78 is 4.46. The number of halogens is 1. The Morgan fingerprint density at radius 1 is 1.00 bits per heavy atom. The van der Waals surface area contributed by atoms with Gasteiger partial charge in [0.2, 0.25) is 6.33 Å². The van der Waals surface area contributed by atoms with E-state index in [-0.39, 0.29) is 17.9 Å². The van der Waals surface area contributed by atoms with Crippen LogP contribution in [0.15, 0.2) is 30.9 Å². The van der Waals surface area contributed by atoms with Gasteiger partial charge in [0.1, 0.15) is 23.6 Å². The second kappa shape index (κ2) is 5.38. The highest BCUT2D eigenvalue weighted by Gasteiger charge is 2.20. The fraction of sp³-hybridized carbons (Fsp3) is 0.438. The zero-order chi connectivity index (χ0) is 13.5. The van der Waals surface area contributed by atoms with Crippen LogP contribution >= 0.6 is 0 Å². The largest absolute Gasteiger partial charge is 1.00 e. The highest BCUT2D eigenvalue weighted by atomic mass is 35.5. The van der Waals surface area contributed by atoms with Crippen LogP contribution in [0.25, 0.3) is 5.69 Å². The van der Waals surface area contributed by atoms with Crippen LogP contribution in [0, 0.1) is 20.8 Å². The molecular weight excluding hydrogens is 256 g/mol. The summed E-state index contributed by atoms with van der Waals surface area (Å²) in [6.07, 6.45) is 6.44. The van der Waals surface area contributed by atoms with Crippen LogP contribution in [0.2, 0.25) is 0 Å². The third-order valence-electron chi connectivity index (χ3n) is 3.30. The average molecular weight is 279 g/mol. The lowest BCUT2D eigenvalue weighted by atomic mass is 10.1. The molecule has 1 heterocycles. The molecule has 0 aliphatic heterocycles. The highest BCUT2D eigenvalue weighted by molar-refractivity contribution is 5.48. The predicted octanol–water partition coefficient (Wildman–Crippen LogP) is 0.449. The molecule has 0 unspecified atom stereocenters. The van der Waals surface area contributed by atoms with Gasteiger partial charge in [0, 0.05) is 0 Å². The summed E-state index contributed by atoms with van der Waals surface area (Å²) in [7, 11) is 0. The zero-order valence-corrected chi connectivity index (χ0v) is 13.4. The van der Waals surface area contributed by atoms with Gasteiger partial charge in [-0.1, -0.05) is 17.7 Å². The molecule has 0 fully saturated rings. The normalized spacial score (nSPS) is 11.3. The molecule has 1 aromatic heterocycles. The molecule has 2 nitrogen and oxygen atoms in total. The van der Waals surface area contributed by atoms with Crippen molar-refractivity contribution in [1.29, 1.82) is 0 Å². The molecule has 0 saturated carbocycles. The SMILES string of the molecule is Cc1cc(C)c(-n2cc[n+](C(C)(C)C)c2)c(C)c1.[Cl-]. The summed E-state index contributed by atoms with van der Waals surface area (Å²) in [5.41, 5.74) is 5.39. The first-order valence-electron chi connectivity index (χ1n) is 6.47. The van der Waals surface area contributed by atoms with Crippen molar-refractivity contribution < 1.29 is 17.0 Å². The van der Waals surface area contributed by atoms with Crippen LogP contribution in [0.5, 0.6) is 0 Å². The van der Waals surface area contributed by atoms with Crippen molar-refractivity contribution in [3.05, 3.63) is 47.5 Å². The molecule has 0 radical (unpaired) electrons. The van der Waals surface area contributed by atoms with Crippen molar-refractivity contribution in [3.63, 3.8) is 0 Å². The Labute approximate surface area is 122 Å². The molecule has 19 heavy (non-hydrogen) atoms. The summed E-state index contributed by atoms with van der Waals surface area (Å²) in [6.45, 7) is 13.1. The quantitative estimate of drug-likeness (QED) is 0.670. The molecule has 0 spiro atoms. The summed E-state index contributed by atoms with van der Waals surface area (Å²) in [5, 5.41) is 0. The maximum atomic E-state index is 2.24. The number of hydrogen-bond donors (Lipinski definition) is 0. The Hall–Kier alpha value is -1.28. The Morgan fingerprint density at radius 2 is 1.53 bits per heavy atom. The number of rotatable bonds is 1. The van der Waals surface area contributed by atoms with Gasteiger partial charge >= 0.3 is 0 Å². The Balaban J connectivity index is 0.00000180. The maximum Gasteiger partial charge on any atom is 0.249 e. The summed E-state index contributed by atoms with van der Waals surface area (Å²) in [5.74, 6) is 0. The number of benzene rings is 1. The van der Waals surface area contributed by atoms with Crippen molar-refractivity contribution in [2.45, 2.75) is 47.1 Å². The van der Waals surface area contributed by atoms with Gasteiger partial charge in [0.05, 0.1) is 0 Å². The standard InChI is InChI=1S/C16H23N2.ClH/c1-12-9-13(2)15(14(3)10-12)17-7-8-18(11-17)16(4,5)6;/h7-11H,1-6H3;1H/q+1;/p-1. The molecule has 0 aliphatic carbocycles. The number of imidazole rings is 1. The summed E-state index contributed by atoms with van der Waals surface area (Å²) >= 11 is 0. The van der Waals surface area contributed by atoms with Gasteiger partial charge in [-0.2, -0.15) is 0 Å². The summed E-state index contributed by atoms with van der Waals surface area (Å²) in [6, 6.07) is 4.48. The minimum absolute atomic E-state index is 0. The predicted molar refractivity (Wildman–Crippen MR) is 75.2 cm³/mol. The molecule has 0 aliphatic rings. The van der Waals surface area contributed by atoms with E-state index in [2.05, 4.69) is 81.5 Å². The molecule has 2 rings (SSSR count). The van der Waals surface area contributed by atoms with Gasteiger partial charge in [0.25, 0.3) is 0 Å². The lowest BCUT2D eigenvalue weighted by Crippen LogP contribution is -3.00. The van der Waals surface area contributed by atoms with Crippen molar-refractivity contribution in [2.24, 2.45) is 0 Å². The maximum absolute atomic E-state index is 2.24. The van der Waals surface area contributed by atoms with E-state index in [4.69, 9.17) is 0 Å². The Kier molecular flexibility index (Phi) is 4.46. The lowest BCUT2D eigenvalue weighted by molar-refractivity contribution is -0.753. The van der Waals surface area contributed by atoms with Crippen LogP contribution in [-0.4, -0.2) is 4.57 Å². The van der Waals surface area contributed by atoms with Crippen LogP contribution in [-0.2, 0) is 5.54 Å². The monoisotopic (exact) mass is 278 g/mol. The van der Waals surface area contributed by atoms with E-state index in [0.29, 0.717) is 0 Å². The van der Waals surface area contributed by atoms with Gasteiger partial charge in [-0.25, -0.2) is 9.13 Å². The zero-order valence-electron chi connectivity index (χ0n) is 12.7. The molecule has 1 aromatic carbocycles. The number of aryl methyl sites for hydroxylation is 3. The second-order valence-corrected chi connectivity index (χ2v) is 6.15. The Morgan fingerprint density at radius 3 is 1.95 bits per heavy atom. The molecule has 104 valence electrons. The first-order chi connectivity index (χ1) is 8.29. The fourth-order valence-corrected chi connectivity index (χ4v) is 2.46. The molecule has 0 saturated heterocycles. The first-order valence-corrected chi connectivity index (χ1v) is 6.47. The van der Waals surface area contributed by atoms with Crippen molar-refractivity contribution >= 4 is 0 Å². The third-order valence-corrected chi connectivity index (χ3v) is 3.30. The topological polar surface area (TPSA) is 8.81 Å². The fourth-order valence-electron chi connectivity index (χ4n) is 2.46. The molecule has 3 heteroatoms. The van der Waals surface area contributed by atoms with Gasteiger partial charge < -0.3 is 12.4 Å². The smallest absolute Gasteiger partial charge is 0.249 e. The van der Waals surface area contributed by atoms with Gasteiger partial charge in [-0.3, -0.25) is 0 Å². The number of aromatic nitrogens is 2. The van der Waals surface area contributed by atoms with Crippen LogP contribution in [0.3, 0.4) is 0 Å². The van der Waals surface area contributed by atoms with E-state index in [1.165, 1.54) is 22.4 Å². The highest BCUT2D eigenvalue weighted by Crippen LogP contribution is 2.20. The Bertz CT molecular complexity index is 554. The van der Waals surface area contributed by atoms with Crippen molar-refractivity contribution in [2.75, 3.05) is 0 Å². The van der Waals surface area contributed by atoms with Gasteiger partial charge in [-0.15, -0.1) is 0 Å². The van der Waals surface area contributed by atoms with Gasteiger partial charge in [-0.05, 0) is 52.7 Å². The third kappa shape index (κ3) is 3.19. The van der Waals surface area contributed by atoms with Crippen molar-refractivity contribution in [1.82, 2.24) is 4.57 Å². The van der Waals surface area contributed by atoms with E-state index in [0.717, 1.165) is 0 Å². The number of hydrogen-bond acceptors (Lipinski definition) is 0. The van der Waals surface area contributed by atoms with E-state index in [1.807, 2.05) is 0 Å². The van der Waals surface area contributed by atoms with E-state index in [9.17, 15) is 0 Å². The molecular formula is C16H23ClN2. The summed E-state index contributed by atoms with van der Waals surface area (Å²) in [4.78, 5) is 0.